The molecule has 1 aliphatic rings. The molecule has 0 aromatic heterocycles. The van der Waals surface area contributed by atoms with Gasteiger partial charge in [-0.2, -0.15) is 8.78 Å². The number of rotatable bonds is 9. The summed E-state index contributed by atoms with van der Waals surface area (Å²) in [7, 11) is 1.01. The highest BCUT2D eigenvalue weighted by molar-refractivity contribution is 4.96. The molecular weight excluding hydrogens is 272 g/mol. The monoisotopic (exact) mass is 297 g/mol. The van der Waals surface area contributed by atoms with Crippen LogP contribution in [-0.2, 0) is 0 Å². The molecule has 0 saturated carbocycles. The summed E-state index contributed by atoms with van der Waals surface area (Å²) in [4.78, 5) is 0.361. The second-order valence-electron chi connectivity index (χ2n) is 5.47. The molecule has 0 aromatic rings. The van der Waals surface area contributed by atoms with E-state index in [1.165, 1.54) is 19.3 Å². The molecule has 2 atom stereocenters. The van der Waals surface area contributed by atoms with Crippen molar-refractivity contribution in [3.8, 4) is 0 Å². The second-order valence-corrected chi connectivity index (χ2v) is 5.47. The quantitative estimate of drug-likeness (QED) is 0.248. The number of nitrogens with zero attached hydrogens (tertiary/aromatic N) is 2. The van der Waals surface area contributed by atoms with Crippen LogP contribution in [0.4, 0.5) is 17.7 Å². The van der Waals surface area contributed by atoms with Crippen LogP contribution in [0.1, 0.15) is 58.3 Å². The molecule has 0 spiro atoms. The molecule has 2 unspecified atom stereocenters. The number of quaternary nitrogens is 1. The van der Waals surface area contributed by atoms with Gasteiger partial charge < -0.3 is 0 Å². The summed E-state index contributed by atoms with van der Waals surface area (Å²) in [6.07, 6.45) is 5.45. The van der Waals surface area contributed by atoms with Crippen molar-refractivity contribution < 1.29 is 22.4 Å². The van der Waals surface area contributed by atoms with Crippen molar-refractivity contribution in [2.24, 2.45) is 0 Å². The highest BCUT2D eigenvalue weighted by atomic mass is 19.2. The summed E-state index contributed by atoms with van der Waals surface area (Å²) in [6, 6.07) is 0. The summed E-state index contributed by atoms with van der Waals surface area (Å²) in [5, 5.41) is 0. The highest BCUT2D eigenvalue weighted by Gasteiger charge is 2.57. The second kappa shape index (κ2) is 7.86. The van der Waals surface area contributed by atoms with Crippen LogP contribution >= 0.6 is 0 Å². The lowest BCUT2D eigenvalue weighted by molar-refractivity contribution is -1.06. The van der Waals surface area contributed by atoms with E-state index in [1.54, 1.807) is 0 Å². The van der Waals surface area contributed by atoms with Gasteiger partial charge in [0, 0.05) is 17.9 Å². The van der Waals surface area contributed by atoms with Crippen molar-refractivity contribution in [2.75, 3.05) is 13.6 Å². The molecule has 6 heteroatoms. The van der Waals surface area contributed by atoms with Gasteiger partial charge in [0.25, 0.3) is 5.95 Å². The molecular formula is C14H25F4N2+. The van der Waals surface area contributed by atoms with E-state index < -0.39 is 23.0 Å². The van der Waals surface area contributed by atoms with Crippen LogP contribution in [0.15, 0.2) is 11.9 Å². The van der Waals surface area contributed by atoms with Gasteiger partial charge in [-0.3, -0.25) is 4.90 Å². The maximum absolute atomic E-state index is 14.1. The first-order valence-electron chi connectivity index (χ1n) is 7.45. The van der Waals surface area contributed by atoms with Crippen LogP contribution < -0.4 is 0 Å². The summed E-state index contributed by atoms with van der Waals surface area (Å²) >= 11 is 0. The van der Waals surface area contributed by atoms with Crippen molar-refractivity contribution >= 4 is 0 Å². The topological polar surface area (TPSA) is 3.24 Å². The fraction of sp³-hybridized carbons (Fsp3) is 0.857. The fourth-order valence-electron chi connectivity index (χ4n) is 2.44. The molecule has 20 heavy (non-hydrogen) atoms. The zero-order valence-electron chi connectivity index (χ0n) is 12.3. The Bertz CT molecular complexity index is 335. The average Bonchev–Trinajstić information content (AvgIpc) is 2.58. The average molecular weight is 297 g/mol. The Morgan fingerprint density at radius 1 is 1.00 bits per heavy atom. The first-order chi connectivity index (χ1) is 9.45. The summed E-state index contributed by atoms with van der Waals surface area (Å²) in [5.41, 5.74) is 0. The zero-order chi connectivity index (χ0) is 15.2. The number of hydrogen-bond donors (Lipinski definition) is 0. The molecule has 1 rings (SSSR count). The van der Waals surface area contributed by atoms with Crippen LogP contribution in [0.2, 0.25) is 0 Å². The van der Waals surface area contributed by atoms with Gasteiger partial charge in [0.05, 0.1) is 0 Å². The third-order valence-electron chi connectivity index (χ3n) is 3.80. The SMILES string of the molecule is CCCCCCCCCC[N+]1(F)C(F)=C(F)N(C)C1F. The molecule has 0 aliphatic carbocycles. The summed E-state index contributed by atoms with van der Waals surface area (Å²) < 4.78 is 52.2. The molecule has 2 nitrogen and oxygen atoms in total. The van der Waals surface area contributed by atoms with Gasteiger partial charge in [-0.05, 0) is 11.1 Å². The van der Waals surface area contributed by atoms with E-state index in [9.17, 15) is 17.7 Å². The smallest absolute Gasteiger partial charge is 0.263 e. The zero-order valence-corrected chi connectivity index (χ0v) is 12.3. The van der Waals surface area contributed by atoms with Gasteiger partial charge in [0.2, 0.25) is 0 Å². The lowest BCUT2D eigenvalue weighted by atomic mass is 10.1. The Morgan fingerprint density at radius 3 is 1.95 bits per heavy atom. The minimum atomic E-state index is -2.32. The van der Waals surface area contributed by atoms with Crippen LogP contribution in [0, 0.1) is 0 Å². The third-order valence-corrected chi connectivity index (χ3v) is 3.80. The number of halogens is 4. The number of unbranched alkanes of at least 4 members (excludes halogenated alkanes) is 7. The van der Waals surface area contributed by atoms with Crippen LogP contribution in [0.25, 0.3) is 0 Å². The van der Waals surface area contributed by atoms with Crippen LogP contribution in [-0.4, -0.2) is 29.6 Å². The normalized spacial score (nSPS) is 26.7. The fourth-order valence-corrected chi connectivity index (χ4v) is 2.44. The van der Waals surface area contributed by atoms with Crippen molar-refractivity contribution in [1.29, 1.82) is 0 Å². The van der Waals surface area contributed by atoms with E-state index in [0.29, 0.717) is 17.7 Å². The van der Waals surface area contributed by atoms with Crippen molar-refractivity contribution in [3.63, 3.8) is 0 Å². The van der Waals surface area contributed by atoms with E-state index in [-0.39, 0.29) is 6.54 Å². The molecule has 0 saturated heterocycles. The van der Waals surface area contributed by atoms with Gasteiger partial charge in [0.1, 0.15) is 6.54 Å². The highest BCUT2D eigenvalue weighted by Crippen LogP contribution is 2.39. The van der Waals surface area contributed by atoms with Crippen molar-refractivity contribution in [1.82, 2.24) is 4.90 Å². The molecule has 0 aromatic carbocycles. The predicted octanol–water partition coefficient (Wildman–Crippen LogP) is 5.09. The molecule has 0 N–H and O–H groups in total. The summed E-state index contributed by atoms with van der Waals surface area (Å²) in [5.74, 6) is -3.09. The Kier molecular flexibility index (Phi) is 6.79. The molecule has 0 fully saturated rings. The largest absolute Gasteiger partial charge is 0.381 e. The van der Waals surface area contributed by atoms with Crippen molar-refractivity contribution in [3.05, 3.63) is 11.9 Å². The van der Waals surface area contributed by atoms with Gasteiger partial charge in [-0.1, -0.05) is 45.4 Å². The Labute approximate surface area is 118 Å². The third kappa shape index (κ3) is 3.87. The predicted molar refractivity (Wildman–Crippen MR) is 70.7 cm³/mol. The maximum Gasteiger partial charge on any atom is 0.381 e. The molecule has 1 heterocycles. The van der Waals surface area contributed by atoms with E-state index >= 15 is 0 Å². The van der Waals surface area contributed by atoms with Gasteiger partial charge in [-0.25, -0.2) is 0 Å². The van der Waals surface area contributed by atoms with Crippen molar-refractivity contribution in [2.45, 2.75) is 64.7 Å². The molecule has 0 radical (unpaired) electrons. The van der Waals surface area contributed by atoms with Gasteiger partial charge >= 0.3 is 12.4 Å². The molecule has 118 valence electrons. The molecule has 0 amide bonds. The standard InChI is InChI=1S/C14H25F4N2/c1-3-4-5-6-7-8-9-10-11-20(18)13(16)12(15)19(2)14(20)17/h14H,3-11H2,1-2H3/q+1. The lowest BCUT2D eigenvalue weighted by Gasteiger charge is -2.23. The molecule has 1 aliphatic heterocycles. The Hall–Kier alpha value is -0.780. The van der Waals surface area contributed by atoms with Crippen LogP contribution in [0.5, 0.6) is 0 Å². The van der Waals surface area contributed by atoms with E-state index in [4.69, 9.17) is 0 Å². The van der Waals surface area contributed by atoms with Gasteiger partial charge in [0.15, 0.2) is 0 Å². The Balaban J connectivity index is 2.25. The Morgan fingerprint density at radius 2 is 1.50 bits per heavy atom. The lowest BCUT2D eigenvalue weighted by Crippen LogP contribution is -2.46. The van der Waals surface area contributed by atoms with E-state index in [2.05, 4.69) is 6.92 Å². The number of alkyl halides is 1. The number of hydrogen-bond acceptors (Lipinski definition) is 1. The molecule has 0 bridgehead atoms. The van der Waals surface area contributed by atoms with E-state index in [1.807, 2.05) is 0 Å². The minimum Gasteiger partial charge on any atom is -0.263 e. The first-order valence-corrected chi connectivity index (χ1v) is 7.45. The maximum atomic E-state index is 14.1. The summed E-state index contributed by atoms with van der Waals surface area (Å²) in [6.45, 7) is 1.78. The first kappa shape index (κ1) is 17.3. The van der Waals surface area contributed by atoms with Gasteiger partial charge in [-0.15, -0.1) is 4.39 Å². The van der Waals surface area contributed by atoms with Crippen LogP contribution in [0.3, 0.4) is 0 Å². The minimum absolute atomic E-state index is 0.346. The van der Waals surface area contributed by atoms with E-state index in [0.717, 1.165) is 26.3 Å².